The van der Waals surface area contributed by atoms with Gasteiger partial charge in [-0.25, -0.2) is 0 Å². The maximum absolute atomic E-state index is 9.43. The Balaban J connectivity index is 1.78. The predicted octanol–water partition coefficient (Wildman–Crippen LogP) is 2.67. The molecule has 4 heteroatoms. The predicted molar refractivity (Wildman–Crippen MR) is 70.3 cm³/mol. The molecule has 0 amide bonds. The van der Waals surface area contributed by atoms with Gasteiger partial charge in [0.15, 0.2) is 0 Å². The molecule has 1 saturated carbocycles. The highest BCUT2D eigenvalue weighted by atomic mass is 16.5. The van der Waals surface area contributed by atoms with Gasteiger partial charge in [0.25, 0.3) is 0 Å². The molecule has 1 aromatic heterocycles. The highest BCUT2D eigenvalue weighted by Gasteiger charge is 2.20. The number of aromatic nitrogens is 2. The third-order valence-corrected chi connectivity index (χ3v) is 3.82. The molecule has 4 nitrogen and oxygen atoms in total. The van der Waals surface area contributed by atoms with E-state index in [4.69, 9.17) is 4.74 Å². The van der Waals surface area contributed by atoms with Crippen LogP contribution in [0.2, 0.25) is 0 Å². The summed E-state index contributed by atoms with van der Waals surface area (Å²) in [6, 6.07) is 2.48. The lowest BCUT2D eigenvalue weighted by Crippen LogP contribution is -2.24. The average Bonchev–Trinajstić information content (AvgIpc) is 2.86. The van der Waals surface area contributed by atoms with E-state index in [2.05, 4.69) is 18.9 Å². The van der Waals surface area contributed by atoms with E-state index in [1.54, 1.807) is 0 Å². The van der Waals surface area contributed by atoms with Crippen molar-refractivity contribution in [3.05, 3.63) is 18.0 Å². The SMILES string of the molecule is CCC(C)n1ccc(COC2CCC(O)CC2)n1. The number of aliphatic hydroxyl groups excluding tert-OH is 1. The van der Waals surface area contributed by atoms with E-state index in [0.717, 1.165) is 37.8 Å². The first-order valence-corrected chi connectivity index (χ1v) is 7.02. The van der Waals surface area contributed by atoms with Gasteiger partial charge in [0.05, 0.1) is 24.5 Å². The lowest BCUT2D eigenvalue weighted by atomic mass is 9.95. The van der Waals surface area contributed by atoms with Crippen molar-refractivity contribution < 1.29 is 9.84 Å². The van der Waals surface area contributed by atoms with Gasteiger partial charge in [0.2, 0.25) is 0 Å². The molecule has 1 atom stereocenters. The van der Waals surface area contributed by atoms with Gasteiger partial charge in [-0.15, -0.1) is 0 Å². The van der Waals surface area contributed by atoms with E-state index in [1.165, 1.54) is 0 Å². The van der Waals surface area contributed by atoms with Gasteiger partial charge in [-0.05, 0) is 45.1 Å². The van der Waals surface area contributed by atoms with Crippen LogP contribution in [0, 0.1) is 0 Å². The van der Waals surface area contributed by atoms with Crippen LogP contribution in [0.15, 0.2) is 12.3 Å². The lowest BCUT2D eigenvalue weighted by molar-refractivity contribution is -0.0131. The summed E-state index contributed by atoms with van der Waals surface area (Å²) in [4.78, 5) is 0. The molecule has 1 aromatic rings. The molecule has 1 N–H and O–H groups in total. The van der Waals surface area contributed by atoms with E-state index in [9.17, 15) is 5.11 Å². The van der Waals surface area contributed by atoms with Crippen molar-refractivity contribution in [1.82, 2.24) is 9.78 Å². The summed E-state index contributed by atoms with van der Waals surface area (Å²) in [5.74, 6) is 0. The van der Waals surface area contributed by atoms with Gasteiger partial charge >= 0.3 is 0 Å². The lowest BCUT2D eigenvalue weighted by Gasteiger charge is -2.25. The molecule has 1 fully saturated rings. The van der Waals surface area contributed by atoms with Crippen LogP contribution >= 0.6 is 0 Å². The molecule has 0 aromatic carbocycles. The molecule has 0 aliphatic heterocycles. The topological polar surface area (TPSA) is 47.3 Å². The maximum Gasteiger partial charge on any atom is 0.0910 e. The molecule has 1 aliphatic rings. The zero-order valence-corrected chi connectivity index (χ0v) is 11.4. The van der Waals surface area contributed by atoms with Gasteiger partial charge in [-0.2, -0.15) is 5.10 Å². The number of nitrogens with zero attached hydrogens (tertiary/aromatic N) is 2. The first kappa shape index (κ1) is 13.6. The summed E-state index contributed by atoms with van der Waals surface area (Å²) in [5.41, 5.74) is 1.00. The molecular formula is C14H24N2O2. The van der Waals surface area contributed by atoms with Gasteiger partial charge in [-0.1, -0.05) is 6.92 Å². The molecule has 1 unspecified atom stereocenters. The third kappa shape index (κ3) is 3.56. The Labute approximate surface area is 109 Å². The van der Waals surface area contributed by atoms with Crippen molar-refractivity contribution in [1.29, 1.82) is 0 Å². The minimum atomic E-state index is -0.116. The summed E-state index contributed by atoms with van der Waals surface area (Å²) in [6.07, 6.45) is 6.95. The fourth-order valence-corrected chi connectivity index (χ4v) is 2.30. The van der Waals surface area contributed by atoms with Crippen molar-refractivity contribution in [2.45, 2.75) is 70.8 Å². The summed E-state index contributed by atoms with van der Waals surface area (Å²) < 4.78 is 7.86. The van der Waals surface area contributed by atoms with Crippen molar-refractivity contribution in [3.8, 4) is 0 Å². The molecule has 1 aliphatic carbocycles. The van der Waals surface area contributed by atoms with E-state index < -0.39 is 0 Å². The van der Waals surface area contributed by atoms with Crippen LogP contribution in [0.1, 0.15) is 57.7 Å². The Morgan fingerprint density at radius 3 is 2.83 bits per heavy atom. The summed E-state index contributed by atoms with van der Waals surface area (Å²) in [7, 11) is 0. The van der Waals surface area contributed by atoms with Crippen molar-refractivity contribution in [2.75, 3.05) is 0 Å². The minimum Gasteiger partial charge on any atom is -0.393 e. The van der Waals surface area contributed by atoms with E-state index >= 15 is 0 Å². The number of hydrogen-bond acceptors (Lipinski definition) is 3. The zero-order valence-electron chi connectivity index (χ0n) is 11.4. The molecule has 2 rings (SSSR count). The minimum absolute atomic E-state index is 0.116. The molecule has 0 bridgehead atoms. The molecular weight excluding hydrogens is 228 g/mol. The number of hydrogen-bond donors (Lipinski definition) is 1. The summed E-state index contributed by atoms with van der Waals surface area (Å²) in [5, 5.41) is 14.0. The number of rotatable bonds is 5. The smallest absolute Gasteiger partial charge is 0.0910 e. The molecule has 0 radical (unpaired) electrons. The van der Waals surface area contributed by atoms with Crippen molar-refractivity contribution >= 4 is 0 Å². The second-order valence-corrected chi connectivity index (χ2v) is 5.29. The molecule has 0 spiro atoms. The molecule has 0 saturated heterocycles. The fraction of sp³-hybridized carbons (Fsp3) is 0.786. The Morgan fingerprint density at radius 1 is 1.44 bits per heavy atom. The van der Waals surface area contributed by atoms with Crippen LogP contribution in [0.4, 0.5) is 0 Å². The number of aliphatic hydroxyl groups is 1. The van der Waals surface area contributed by atoms with Crippen molar-refractivity contribution in [3.63, 3.8) is 0 Å². The monoisotopic (exact) mass is 252 g/mol. The second kappa shape index (κ2) is 6.34. The quantitative estimate of drug-likeness (QED) is 0.876. The van der Waals surface area contributed by atoms with Crippen LogP contribution < -0.4 is 0 Å². The van der Waals surface area contributed by atoms with Crippen LogP contribution in [-0.2, 0) is 11.3 Å². The molecule has 102 valence electrons. The fourth-order valence-electron chi connectivity index (χ4n) is 2.30. The highest BCUT2D eigenvalue weighted by molar-refractivity contribution is 4.98. The summed E-state index contributed by atoms with van der Waals surface area (Å²) >= 11 is 0. The van der Waals surface area contributed by atoms with E-state index in [-0.39, 0.29) is 6.10 Å². The number of ether oxygens (including phenoxy) is 1. The van der Waals surface area contributed by atoms with Crippen LogP contribution in [0.3, 0.4) is 0 Å². The molecule has 18 heavy (non-hydrogen) atoms. The Bertz CT molecular complexity index is 356. The van der Waals surface area contributed by atoms with Gasteiger partial charge in [0, 0.05) is 12.2 Å². The third-order valence-electron chi connectivity index (χ3n) is 3.82. The Hall–Kier alpha value is -0.870. The van der Waals surface area contributed by atoms with Crippen molar-refractivity contribution in [2.24, 2.45) is 0 Å². The Morgan fingerprint density at radius 2 is 2.17 bits per heavy atom. The summed E-state index contributed by atoms with van der Waals surface area (Å²) in [6.45, 7) is 4.92. The van der Waals surface area contributed by atoms with Crippen LogP contribution in [0.25, 0.3) is 0 Å². The van der Waals surface area contributed by atoms with Gasteiger partial charge in [-0.3, -0.25) is 4.68 Å². The van der Waals surface area contributed by atoms with Crippen LogP contribution in [-0.4, -0.2) is 27.1 Å². The average molecular weight is 252 g/mol. The zero-order chi connectivity index (χ0) is 13.0. The second-order valence-electron chi connectivity index (χ2n) is 5.29. The first-order valence-electron chi connectivity index (χ1n) is 7.02. The first-order chi connectivity index (χ1) is 8.69. The maximum atomic E-state index is 9.43. The standard InChI is InChI=1S/C14H24N2O2/c1-3-11(2)16-9-8-12(15-16)10-18-14-6-4-13(17)5-7-14/h8-9,11,13-14,17H,3-7,10H2,1-2H3. The normalized spacial score (nSPS) is 26.2. The van der Waals surface area contributed by atoms with E-state index in [1.807, 2.05) is 16.9 Å². The Kier molecular flexibility index (Phi) is 4.78. The van der Waals surface area contributed by atoms with E-state index in [0.29, 0.717) is 18.8 Å². The molecule has 1 heterocycles. The van der Waals surface area contributed by atoms with Gasteiger partial charge < -0.3 is 9.84 Å². The van der Waals surface area contributed by atoms with Gasteiger partial charge in [0.1, 0.15) is 0 Å². The highest BCUT2D eigenvalue weighted by Crippen LogP contribution is 2.22. The van der Waals surface area contributed by atoms with Crippen LogP contribution in [0.5, 0.6) is 0 Å². The largest absolute Gasteiger partial charge is 0.393 e.